The number of aryl methyl sites for hydroxylation is 1. The summed E-state index contributed by atoms with van der Waals surface area (Å²) >= 11 is 0. The number of carbonyl (C=O) groups excluding carboxylic acids is 1. The van der Waals surface area contributed by atoms with E-state index in [2.05, 4.69) is 6.07 Å². The van der Waals surface area contributed by atoms with Gasteiger partial charge in [0.25, 0.3) is 0 Å². The number of nitrogens with two attached hydrogens (primary N) is 1. The third-order valence-electron chi connectivity index (χ3n) is 3.24. The molecule has 0 bridgehead atoms. The summed E-state index contributed by atoms with van der Waals surface area (Å²) in [4.78, 5) is 13.4. The van der Waals surface area contributed by atoms with Crippen LogP contribution < -0.4 is 10.6 Å². The minimum absolute atomic E-state index is 0.101. The van der Waals surface area contributed by atoms with E-state index in [0.717, 1.165) is 16.8 Å². The predicted octanol–water partition coefficient (Wildman–Crippen LogP) is 1.67. The summed E-state index contributed by atoms with van der Waals surface area (Å²) in [7, 11) is 1.82. The molecule has 1 aliphatic rings. The Morgan fingerprint density at radius 1 is 1.40 bits per heavy atom. The number of carbonyl (C=O) groups is 1. The molecule has 1 unspecified atom stereocenters. The van der Waals surface area contributed by atoms with Crippen LogP contribution in [0.2, 0.25) is 0 Å². The second-order valence-electron chi connectivity index (χ2n) is 4.21. The van der Waals surface area contributed by atoms with Gasteiger partial charge in [0.15, 0.2) is 0 Å². The summed E-state index contributed by atoms with van der Waals surface area (Å²) in [6, 6.07) is 3.95. The molecule has 0 spiro atoms. The van der Waals surface area contributed by atoms with Crippen LogP contribution in [0.1, 0.15) is 29.2 Å². The minimum atomic E-state index is -0.150. The topological polar surface area (TPSA) is 46.3 Å². The summed E-state index contributed by atoms with van der Waals surface area (Å²) in [5.74, 6) is 0.101. The van der Waals surface area contributed by atoms with Gasteiger partial charge in [-0.1, -0.05) is 12.1 Å². The van der Waals surface area contributed by atoms with Crippen molar-refractivity contribution in [2.24, 2.45) is 5.73 Å². The van der Waals surface area contributed by atoms with Gasteiger partial charge >= 0.3 is 0 Å². The molecule has 2 rings (SSSR count). The summed E-state index contributed by atoms with van der Waals surface area (Å²) in [6.45, 7) is 4.09. The zero-order chi connectivity index (χ0) is 11.2. The first-order valence-corrected chi connectivity index (χ1v) is 5.14. The first-order valence-electron chi connectivity index (χ1n) is 5.14. The Kier molecular flexibility index (Phi) is 2.27. The van der Waals surface area contributed by atoms with Crippen LogP contribution in [-0.2, 0) is 4.79 Å². The zero-order valence-corrected chi connectivity index (χ0v) is 9.37. The highest BCUT2D eigenvalue weighted by molar-refractivity contribution is 5.97. The summed E-state index contributed by atoms with van der Waals surface area (Å²) in [5, 5.41) is 0. The van der Waals surface area contributed by atoms with E-state index in [1.165, 1.54) is 5.56 Å². The van der Waals surface area contributed by atoms with E-state index in [1.807, 2.05) is 27.0 Å². The monoisotopic (exact) mass is 204 g/mol. The number of benzene rings is 1. The normalized spacial score (nSPS) is 20.4. The van der Waals surface area contributed by atoms with Crippen molar-refractivity contribution in [3.63, 3.8) is 0 Å². The SMILES string of the molecule is Cc1ccc2c(c1C)N(C)C(=O)CC2N. The Morgan fingerprint density at radius 3 is 2.73 bits per heavy atom. The van der Waals surface area contributed by atoms with E-state index >= 15 is 0 Å². The number of hydrogen-bond acceptors (Lipinski definition) is 2. The molecule has 1 aromatic rings. The maximum Gasteiger partial charge on any atom is 0.228 e. The molecule has 0 saturated carbocycles. The standard InChI is InChI=1S/C12H16N2O/c1-7-4-5-9-10(13)6-11(15)14(3)12(9)8(7)2/h4-5,10H,6,13H2,1-3H3. The lowest BCUT2D eigenvalue weighted by Crippen LogP contribution is -2.36. The molecular weight excluding hydrogens is 188 g/mol. The van der Waals surface area contributed by atoms with Crippen LogP contribution in [0, 0.1) is 13.8 Å². The number of nitrogens with zero attached hydrogens (tertiary/aromatic N) is 1. The van der Waals surface area contributed by atoms with Crippen LogP contribution >= 0.6 is 0 Å². The van der Waals surface area contributed by atoms with Crippen molar-refractivity contribution in [1.29, 1.82) is 0 Å². The van der Waals surface area contributed by atoms with E-state index in [4.69, 9.17) is 5.73 Å². The number of amides is 1. The van der Waals surface area contributed by atoms with Crippen molar-refractivity contribution in [1.82, 2.24) is 0 Å². The molecule has 15 heavy (non-hydrogen) atoms. The van der Waals surface area contributed by atoms with Crippen LogP contribution in [-0.4, -0.2) is 13.0 Å². The molecule has 1 heterocycles. The first kappa shape index (κ1) is 10.2. The molecule has 0 radical (unpaired) electrons. The smallest absolute Gasteiger partial charge is 0.228 e. The fourth-order valence-electron chi connectivity index (χ4n) is 2.13. The lowest BCUT2D eigenvalue weighted by Gasteiger charge is -2.31. The second kappa shape index (κ2) is 3.35. The third kappa shape index (κ3) is 1.43. The van der Waals surface area contributed by atoms with Crippen molar-refractivity contribution in [3.05, 3.63) is 28.8 Å². The lowest BCUT2D eigenvalue weighted by molar-refractivity contribution is -0.119. The largest absolute Gasteiger partial charge is 0.323 e. The minimum Gasteiger partial charge on any atom is -0.323 e. The average Bonchev–Trinajstić information content (AvgIpc) is 2.19. The van der Waals surface area contributed by atoms with Crippen molar-refractivity contribution >= 4 is 11.6 Å². The highest BCUT2D eigenvalue weighted by Crippen LogP contribution is 2.36. The molecule has 1 aromatic carbocycles. The number of fused-ring (bicyclic) bond motifs is 1. The van der Waals surface area contributed by atoms with Crippen LogP contribution in [0.3, 0.4) is 0 Å². The highest BCUT2D eigenvalue weighted by atomic mass is 16.2. The highest BCUT2D eigenvalue weighted by Gasteiger charge is 2.28. The molecule has 2 N–H and O–H groups in total. The van der Waals surface area contributed by atoms with Gasteiger partial charge in [-0.2, -0.15) is 0 Å². The Labute approximate surface area is 89.9 Å². The van der Waals surface area contributed by atoms with Gasteiger partial charge in [0, 0.05) is 19.5 Å². The first-order chi connectivity index (χ1) is 7.02. The predicted molar refractivity (Wildman–Crippen MR) is 60.9 cm³/mol. The van der Waals surface area contributed by atoms with Crippen LogP contribution in [0.5, 0.6) is 0 Å². The number of rotatable bonds is 0. The second-order valence-corrected chi connectivity index (χ2v) is 4.21. The summed E-state index contributed by atoms with van der Waals surface area (Å²) in [5.41, 5.74) is 10.4. The van der Waals surface area contributed by atoms with Gasteiger partial charge < -0.3 is 10.6 Å². The Hall–Kier alpha value is -1.35. The Balaban J connectivity index is 2.66. The molecule has 80 valence electrons. The fraction of sp³-hybridized carbons (Fsp3) is 0.417. The Morgan fingerprint density at radius 2 is 2.07 bits per heavy atom. The van der Waals surface area contributed by atoms with Gasteiger partial charge in [-0.05, 0) is 30.5 Å². The molecule has 3 heteroatoms. The van der Waals surface area contributed by atoms with E-state index in [9.17, 15) is 4.79 Å². The van der Waals surface area contributed by atoms with Crippen LogP contribution in [0.15, 0.2) is 12.1 Å². The van der Waals surface area contributed by atoms with Crippen molar-refractivity contribution in [2.45, 2.75) is 26.3 Å². The van der Waals surface area contributed by atoms with Crippen molar-refractivity contribution in [2.75, 3.05) is 11.9 Å². The van der Waals surface area contributed by atoms with E-state index < -0.39 is 0 Å². The number of hydrogen-bond donors (Lipinski definition) is 1. The van der Waals surface area contributed by atoms with Gasteiger partial charge in [0.05, 0.1) is 5.69 Å². The molecule has 1 atom stereocenters. The summed E-state index contributed by atoms with van der Waals surface area (Å²) < 4.78 is 0. The van der Waals surface area contributed by atoms with Gasteiger partial charge in [-0.15, -0.1) is 0 Å². The maximum absolute atomic E-state index is 11.7. The average molecular weight is 204 g/mol. The zero-order valence-electron chi connectivity index (χ0n) is 9.37. The van der Waals surface area contributed by atoms with Gasteiger partial charge in [0.2, 0.25) is 5.91 Å². The van der Waals surface area contributed by atoms with Gasteiger partial charge in [-0.25, -0.2) is 0 Å². The molecule has 0 saturated heterocycles. The van der Waals surface area contributed by atoms with Crippen molar-refractivity contribution < 1.29 is 4.79 Å². The number of anilines is 1. The van der Waals surface area contributed by atoms with Crippen LogP contribution in [0.25, 0.3) is 0 Å². The fourth-order valence-corrected chi connectivity index (χ4v) is 2.13. The van der Waals surface area contributed by atoms with Gasteiger partial charge in [-0.3, -0.25) is 4.79 Å². The lowest BCUT2D eigenvalue weighted by atomic mass is 9.92. The van der Waals surface area contributed by atoms with E-state index in [-0.39, 0.29) is 11.9 Å². The van der Waals surface area contributed by atoms with Crippen molar-refractivity contribution in [3.8, 4) is 0 Å². The van der Waals surface area contributed by atoms with Crippen LogP contribution in [0.4, 0.5) is 5.69 Å². The van der Waals surface area contributed by atoms with Gasteiger partial charge in [0.1, 0.15) is 0 Å². The third-order valence-corrected chi connectivity index (χ3v) is 3.24. The molecule has 1 amide bonds. The molecule has 0 fully saturated rings. The molecule has 1 aliphatic heterocycles. The molecular formula is C12H16N2O. The molecule has 0 aromatic heterocycles. The summed E-state index contributed by atoms with van der Waals surface area (Å²) in [6.07, 6.45) is 0.409. The Bertz CT molecular complexity index is 426. The van der Waals surface area contributed by atoms with E-state index in [1.54, 1.807) is 4.90 Å². The molecule has 0 aliphatic carbocycles. The maximum atomic E-state index is 11.7. The van der Waals surface area contributed by atoms with E-state index in [0.29, 0.717) is 6.42 Å². The molecule has 3 nitrogen and oxygen atoms in total. The quantitative estimate of drug-likeness (QED) is 0.698.